The van der Waals surface area contributed by atoms with Crippen LogP contribution in [0.5, 0.6) is 0 Å². The quantitative estimate of drug-likeness (QED) is 0.659. The molecular formula is C22H20N4O2. The van der Waals surface area contributed by atoms with Crippen LogP contribution in [0, 0.1) is 0 Å². The maximum Gasteiger partial charge on any atom is 0.261 e. The third kappa shape index (κ3) is 2.86. The number of carbonyl (C=O) groups excluding carboxylic acids is 2. The van der Waals surface area contributed by atoms with Crippen LogP contribution in [-0.2, 0) is 13.1 Å². The SMILES string of the molecule is O=C1c2ccccc2C(=O)N1Cc1nc2ccccc2nc1CN1CCCC1. The zero-order valence-electron chi connectivity index (χ0n) is 15.5. The third-order valence-electron chi connectivity index (χ3n) is 5.48. The predicted octanol–water partition coefficient (Wildman–Crippen LogP) is 3.02. The highest BCUT2D eigenvalue weighted by molar-refractivity contribution is 6.21. The van der Waals surface area contributed by atoms with E-state index in [9.17, 15) is 9.59 Å². The molecule has 1 saturated heterocycles. The highest BCUT2D eigenvalue weighted by Crippen LogP contribution is 2.26. The Morgan fingerprint density at radius 3 is 1.79 bits per heavy atom. The predicted molar refractivity (Wildman–Crippen MR) is 105 cm³/mol. The van der Waals surface area contributed by atoms with E-state index in [1.54, 1.807) is 24.3 Å². The van der Waals surface area contributed by atoms with E-state index in [1.165, 1.54) is 17.7 Å². The molecule has 140 valence electrons. The largest absolute Gasteiger partial charge is 0.297 e. The lowest BCUT2D eigenvalue weighted by Crippen LogP contribution is -2.31. The molecule has 28 heavy (non-hydrogen) atoms. The van der Waals surface area contributed by atoms with Crippen molar-refractivity contribution in [3.8, 4) is 0 Å². The Labute approximate surface area is 162 Å². The molecule has 5 rings (SSSR count). The van der Waals surface area contributed by atoms with Crippen LogP contribution in [0.25, 0.3) is 11.0 Å². The molecule has 0 bridgehead atoms. The van der Waals surface area contributed by atoms with Crippen LogP contribution in [0.2, 0.25) is 0 Å². The highest BCUT2D eigenvalue weighted by Gasteiger charge is 2.36. The van der Waals surface area contributed by atoms with Gasteiger partial charge in [-0.3, -0.25) is 19.4 Å². The fourth-order valence-electron chi connectivity index (χ4n) is 4.01. The van der Waals surface area contributed by atoms with Crippen LogP contribution in [0.3, 0.4) is 0 Å². The van der Waals surface area contributed by atoms with E-state index >= 15 is 0 Å². The summed E-state index contributed by atoms with van der Waals surface area (Å²) in [6.45, 7) is 2.92. The molecule has 0 aliphatic carbocycles. The van der Waals surface area contributed by atoms with Crippen molar-refractivity contribution in [2.75, 3.05) is 13.1 Å². The number of rotatable bonds is 4. The molecule has 3 heterocycles. The monoisotopic (exact) mass is 372 g/mol. The number of fused-ring (bicyclic) bond motifs is 2. The van der Waals surface area contributed by atoms with Gasteiger partial charge in [0, 0.05) is 6.54 Å². The van der Waals surface area contributed by atoms with Crippen molar-refractivity contribution in [1.82, 2.24) is 19.8 Å². The fourth-order valence-corrected chi connectivity index (χ4v) is 4.01. The normalized spacial score (nSPS) is 16.9. The van der Waals surface area contributed by atoms with Crippen LogP contribution in [-0.4, -0.2) is 44.7 Å². The van der Waals surface area contributed by atoms with E-state index in [0.717, 1.165) is 29.8 Å². The number of amides is 2. The summed E-state index contributed by atoms with van der Waals surface area (Å²) >= 11 is 0. The van der Waals surface area contributed by atoms with Crippen LogP contribution < -0.4 is 0 Å². The lowest BCUT2D eigenvalue weighted by Gasteiger charge is -2.19. The Balaban J connectivity index is 1.52. The van der Waals surface area contributed by atoms with Crippen LogP contribution >= 0.6 is 0 Å². The van der Waals surface area contributed by atoms with Crippen LogP contribution in [0.4, 0.5) is 0 Å². The first kappa shape index (κ1) is 17.0. The van der Waals surface area contributed by atoms with E-state index in [-0.39, 0.29) is 18.4 Å². The molecule has 2 aliphatic heterocycles. The van der Waals surface area contributed by atoms with E-state index in [1.807, 2.05) is 24.3 Å². The summed E-state index contributed by atoms with van der Waals surface area (Å²) < 4.78 is 0. The third-order valence-corrected chi connectivity index (χ3v) is 5.48. The molecule has 0 N–H and O–H groups in total. The molecule has 3 aromatic rings. The van der Waals surface area contributed by atoms with Gasteiger partial charge in [-0.15, -0.1) is 0 Å². The van der Waals surface area contributed by atoms with Gasteiger partial charge in [0.05, 0.1) is 40.1 Å². The summed E-state index contributed by atoms with van der Waals surface area (Å²) in [7, 11) is 0. The summed E-state index contributed by atoms with van der Waals surface area (Å²) in [6, 6.07) is 14.7. The zero-order valence-corrected chi connectivity index (χ0v) is 15.5. The summed E-state index contributed by atoms with van der Waals surface area (Å²) in [5.74, 6) is -0.523. The number of nitrogens with zero attached hydrogens (tertiary/aromatic N) is 4. The van der Waals surface area contributed by atoms with E-state index in [4.69, 9.17) is 9.97 Å². The van der Waals surface area contributed by atoms with Crippen molar-refractivity contribution in [3.05, 3.63) is 71.0 Å². The number of aromatic nitrogens is 2. The summed E-state index contributed by atoms with van der Waals surface area (Å²) in [6.07, 6.45) is 2.38. The standard InChI is InChI=1S/C22H20N4O2/c27-21-15-7-1-2-8-16(15)22(28)26(21)14-20-19(13-25-11-5-6-12-25)23-17-9-3-4-10-18(17)24-20/h1-4,7-10H,5-6,11-14H2. The van der Waals surface area contributed by atoms with Gasteiger partial charge in [-0.05, 0) is 50.2 Å². The van der Waals surface area contributed by atoms with Crippen LogP contribution in [0.15, 0.2) is 48.5 Å². The fraction of sp³-hybridized carbons (Fsp3) is 0.273. The second-order valence-corrected chi connectivity index (χ2v) is 7.33. The zero-order chi connectivity index (χ0) is 19.1. The number of hydrogen-bond acceptors (Lipinski definition) is 5. The average Bonchev–Trinajstić information content (AvgIpc) is 3.31. The van der Waals surface area contributed by atoms with Gasteiger partial charge in [-0.1, -0.05) is 24.3 Å². The summed E-state index contributed by atoms with van der Waals surface area (Å²) in [5, 5.41) is 0. The molecule has 2 aromatic carbocycles. The molecule has 1 fully saturated rings. The Morgan fingerprint density at radius 2 is 1.21 bits per heavy atom. The van der Waals surface area contributed by atoms with Gasteiger partial charge in [0.1, 0.15) is 0 Å². The molecule has 6 nitrogen and oxygen atoms in total. The lowest BCUT2D eigenvalue weighted by atomic mass is 10.1. The molecular weight excluding hydrogens is 352 g/mol. The van der Waals surface area contributed by atoms with Crippen LogP contribution in [0.1, 0.15) is 44.9 Å². The average molecular weight is 372 g/mol. The molecule has 0 radical (unpaired) electrons. The first-order chi connectivity index (χ1) is 13.7. The van der Waals surface area contributed by atoms with Gasteiger partial charge >= 0.3 is 0 Å². The maximum absolute atomic E-state index is 12.8. The van der Waals surface area contributed by atoms with Crippen molar-refractivity contribution in [2.24, 2.45) is 0 Å². The van der Waals surface area contributed by atoms with Gasteiger partial charge < -0.3 is 0 Å². The summed E-state index contributed by atoms with van der Waals surface area (Å²) in [4.78, 5) is 38.8. The Bertz CT molecular complexity index is 1050. The molecule has 0 spiro atoms. The highest BCUT2D eigenvalue weighted by atomic mass is 16.2. The second-order valence-electron chi connectivity index (χ2n) is 7.33. The van der Waals surface area contributed by atoms with E-state index in [2.05, 4.69) is 4.90 Å². The summed E-state index contributed by atoms with van der Waals surface area (Å²) in [5.41, 5.74) is 4.07. The van der Waals surface area contributed by atoms with Crippen molar-refractivity contribution in [3.63, 3.8) is 0 Å². The molecule has 0 atom stereocenters. The minimum Gasteiger partial charge on any atom is -0.297 e. The van der Waals surface area contributed by atoms with Gasteiger partial charge in [0.25, 0.3) is 11.8 Å². The number of para-hydroxylation sites is 2. The van der Waals surface area contributed by atoms with Crippen molar-refractivity contribution in [1.29, 1.82) is 0 Å². The molecule has 2 aliphatic rings. The van der Waals surface area contributed by atoms with Gasteiger partial charge in [-0.25, -0.2) is 9.97 Å². The first-order valence-corrected chi connectivity index (χ1v) is 9.63. The molecule has 1 aromatic heterocycles. The molecule has 0 unspecified atom stereocenters. The number of hydrogen-bond donors (Lipinski definition) is 0. The molecule has 0 saturated carbocycles. The van der Waals surface area contributed by atoms with E-state index < -0.39 is 0 Å². The number of benzene rings is 2. The van der Waals surface area contributed by atoms with Crippen molar-refractivity contribution >= 4 is 22.8 Å². The number of carbonyl (C=O) groups is 2. The van der Waals surface area contributed by atoms with Crippen molar-refractivity contribution < 1.29 is 9.59 Å². The Morgan fingerprint density at radius 1 is 0.714 bits per heavy atom. The Hall–Kier alpha value is -3.12. The molecule has 2 amide bonds. The van der Waals surface area contributed by atoms with Gasteiger partial charge in [-0.2, -0.15) is 0 Å². The number of imide groups is 1. The second kappa shape index (κ2) is 6.80. The minimum atomic E-state index is -0.261. The van der Waals surface area contributed by atoms with Gasteiger partial charge in [0.15, 0.2) is 0 Å². The lowest BCUT2D eigenvalue weighted by molar-refractivity contribution is 0.0639. The van der Waals surface area contributed by atoms with Gasteiger partial charge in [0.2, 0.25) is 0 Å². The number of likely N-dealkylation sites (tertiary alicyclic amines) is 1. The van der Waals surface area contributed by atoms with E-state index in [0.29, 0.717) is 23.4 Å². The first-order valence-electron chi connectivity index (χ1n) is 9.63. The minimum absolute atomic E-state index is 0.146. The molecule has 6 heteroatoms. The topological polar surface area (TPSA) is 66.4 Å². The maximum atomic E-state index is 12.8. The smallest absolute Gasteiger partial charge is 0.261 e. The van der Waals surface area contributed by atoms with Crippen molar-refractivity contribution in [2.45, 2.75) is 25.9 Å². The Kier molecular flexibility index (Phi) is 4.13.